The zero-order valence-electron chi connectivity index (χ0n) is 19.9. The van der Waals surface area contributed by atoms with E-state index in [1.54, 1.807) is 0 Å². The highest BCUT2D eigenvalue weighted by atomic mass is 32.2. The lowest BCUT2D eigenvalue weighted by molar-refractivity contribution is -0.132. The van der Waals surface area contributed by atoms with Gasteiger partial charge < -0.3 is 4.90 Å². The van der Waals surface area contributed by atoms with Crippen molar-refractivity contribution >= 4 is 27.7 Å². The molecule has 1 heterocycles. The molecule has 33 heavy (non-hydrogen) atoms. The molecule has 178 valence electrons. The van der Waals surface area contributed by atoms with Crippen molar-refractivity contribution in [3.05, 3.63) is 71.3 Å². The normalized spacial score (nSPS) is 15.2. The molecule has 2 aromatic carbocycles. The fourth-order valence-electron chi connectivity index (χ4n) is 4.08. The Labute approximate surface area is 198 Å². The molecule has 0 spiro atoms. The predicted octanol–water partition coefficient (Wildman–Crippen LogP) is 3.71. The summed E-state index contributed by atoms with van der Waals surface area (Å²) in [6, 6.07) is 15.9. The number of anilines is 1. The van der Waals surface area contributed by atoms with Gasteiger partial charge in [0.05, 0.1) is 11.9 Å². The number of amides is 1. The second kappa shape index (κ2) is 11.5. The number of carbonyl (C=O) groups is 1. The molecule has 1 saturated heterocycles. The molecule has 7 heteroatoms. The number of nitrogens with zero attached hydrogens (tertiary/aromatic N) is 3. The van der Waals surface area contributed by atoms with Gasteiger partial charge in [-0.25, -0.2) is 8.42 Å². The summed E-state index contributed by atoms with van der Waals surface area (Å²) in [5.41, 5.74) is 3.89. The first kappa shape index (κ1) is 25.0. The van der Waals surface area contributed by atoms with Gasteiger partial charge in [0.2, 0.25) is 15.9 Å². The minimum absolute atomic E-state index is 0.101. The van der Waals surface area contributed by atoms with E-state index in [1.165, 1.54) is 16.1 Å². The van der Waals surface area contributed by atoms with Gasteiger partial charge in [-0.15, -0.1) is 0 Å². The third-order valence-corrected chi connectivity index (χ3v) is 7.38. The van der Waals surface area contributed by atoms with E-state index in [0.717, 1.165) is 30.8 Å². The fraction of sp³-hybridized carbons (Fsp3) is 0.423. The Morgan fingerprint density at radius 1 is 1.00 bits per heavy atom. The number of hydrogen-bond donors (Lipinski definition) is 0. The summed E-state index contributed by atoms with van der Waals surface area (Å²) in [6.07, 6.45) is 6.37. The van der Waals surface area contributed by atoms with Gasteiger partial charge in [0.15, 0.2) is 0 Å². The molecular weight excluding hydrogens is 434 g/mol. The molecule has 0 bridgehead atoms. The minimum atomic E-state index is -3.42. The molecule has 6 nitrogen and oxygen atoms in total. The number of carbonyl (C=O) groups excluding carboxylic acids is 1. The van der Waals surface area contributed by atoms with Crippen molar-refractivity contribution in [3.63, 3.8) is 0 Å². The lowest BCUT2D eigenvalue weighted by Gasteiger charge is -2.34. The van der Waals surface area contributed by atoms with E-state index in [0.29, 0.717) is 38.2 Å². The van der Waals surface area contributed by atoms with Crippen LogP contribution in [-0.4, -0.2) is 69.6 Å². The van der Waals surface area contributed by atoms with Crippen LogP contribution in [0.3, 0.4) is 0 Å². The number of aryl methyl sites for hydroxylation is 1. The maximum atomic E-state index is 12.7. The molecule has 1 aliphatic rings. The van der Waals surface area contributed by atoms with Crippen molar-refractivity contribution in [2.75, 3.05) is 49.8 Å². The van der Waals surface area contributed by atoms with Crippen molar-refractivity contribution in [2.45, 2.75) is 26.7 Å². The third kappa shape index (κ3) is 7.17. The summed E-state index contributed by atoms with van der Waals surface area (Å²) < 4.78 is 26.2. The molecular formula is C26H35N3O3S. The van der Waals surface area contributed by atoms with Crippen molar-refractivity contribution in [2.24, 2.45) is 0 Å². The first-order valence-electron chi connectivity index (χ1n) is 11.5. The van der Waals surface area contributed by atoms with Gasteiger partial charge in [-0.05, 0) is 43.0 Å². The second-order valence-corrected chi connectivity index (χ2v) is 10.6. The average molecular weight is 470 g/mol. The van der Waals surface area contributed by atoms with Crippen LogP contribution in [0.2, 0.25) is 0 Å². The number of sulfonamides is 1. The smallest absolute Gasteiger partial charge is 0.232 e. The van der Waals surface area contributed by atoms with Gasteiger partial charge in [0, 0.05) is 45.7 Å². The van der Waals surface area contributed by atoms with Crippen LogP contribution in [0.15, 0.2) is 54.6 Å². The lowest BCUT2D eigenvalue weighted by atomic mass is 10.1. The summed E-state index contributed by atoms with van der Waals surface area (Å²) in [6.45, 7) is 8.21. The molecule has 3 rings (SSSR count). The van der Waals surface area contributed by atoms with E-state index in [-0.39, 0.29) is 5.91 Å². The zero-order valence-corrected chi connectivity index (χ0v) is 20.7. The van der Waals surface area contributed by atoms with Crippen molar-refractivity contribution < 1.29 is 13.2 Å². The van der Waals surface area contributed by atoms with Crippen LogP contribution < -0.4 is 4.31 Å². The number of benzene rings is 2. The first-order chi connectivity index (χ1) is 15.8. The second-order valence-electron chi connectivity index (χ2n) is 8.65. The average Bonchev–Trinajstić information content (AvgIpc) is 2.79. The van der Waals surface area contributed by atoms with Gasteiger partial charge in [0.1, 0.15) is 0 Å². The molecule has 0 N–H and O–H groups in total. The standard InChI is InChI=1S/C26H35N3O3S/c1-22-10-7-14-25(23(22)2)29(33(3,31)32)17-9-15-26(30)28-20-18-27(19-21-28)16-8-13-24-11-5-4-6-12-24/h4-8,10-14H,9,15-21H2,1-3H3/b13-8+. The van der Waals surface area contributed by atoms with Gasteiger partial charge in [-0.1, -0.05) is 54.6 Å². The predicted molar refractivity (Wildman–Crippen MR) is 136 cm³/mol. The molecule has 2 aromatic rings. The van der Waals surface area contributed by atoms with Crippen LogP contribution in [0.4, 0.5) is 5.69 Å². The zero-order chi connectivity index (χ0) is 23.8. The topological polar surface area (TPSA) is 60.9 Å². The number of hydrogen-bond acceptors (Lipinski definition) is 4. The molecule has 0 saturated carbocycles. The first-order valence-corrected chi connectivity index (χ1v) is 13.4. The largest absolute Gasteiger partial charge is 0.340 e. The summed E-state index contributed by atoms with van der Waals surface area (Å²) in [5, 5.41) is 0. The van der Waals surface area contributed by atoms with E-state index in [2.05, 4.69) is 29.2 Å². The molecule has 0 radical (unpaired) electrons. The SMILES string of the molecule is Cc1cccc(N(CCCC(=O)N2CCN(C/C=C/c3ccccc3)CC2)S(C)(=O)=O)c1C. The van der Waals surface area contributed by atoms with Crippen molar-refractivity contribution in [1.29, 1.82) is 0 Å². The van der Waals surface area contributed by atoms with E-state index < -0.39 is 10.0 Å². The van der Waals surface area contributed by atoms with Crippen LogP contribution in [0, 0.1) is 13.8 Å². The van der Waals surface area contributed by atoms with Crippen molar-refractivity contribution in [3.8, 4) is 0 Å². The third-order valence-electron chi connectivity index (χ3n) is 6.20. The Hall–Kier alpha value is -2.64. The molecule has 0 aromatic heterocycles. The molecule has 1 fully saturated rings. The van der Waals surface area contributed by atoms with E-state index in [4.69, 9.17) is 0 Å². The van der Waals surface area contributed by atoms with E-state index >= 15 is 0 Å². The molecule has 1 aliphatic heterocycles. The Bertz CT molecular complexity index is 1060. The van der Waals surface area contributed by atoms with Gasteiger partial charge in [-0.2, -0.15) is 0 Å². The summed E-state index contributed by atoms with van der Waals surface area (Å²) in [5.74, 6) is 0.101. The Balaban J connectivity index is 1.46. The molecule has 0 atom stereocenters. The van der Waals surface area contributed by atoms with Crippen LogP contribution in [0.1, 0.15) is 29.5 Å². The summed E-state index contributed by atoms with van der Waals surface area (Å²) in [7, 11) is -3.42. The quantitative estimate of drug-likeness (QED) is 0.562. The Morgan fingerprint density at radius 2 is 1.70 bits per heavy atom. The maximum absolute atomic E-state index is 12.7. The van der Waals surface area contributed by atoms with Gasteiger partial charge >= 0.3 is 0 Å². The molecule has 1 amide bonds. The summed E-state index contributed by atoms with van der Waals surface area (Å²) in [4.78, 5) is 17.0. The number of rotatable bonds is 9. The highest BCUT2D eigenvalue weighted by Gasteiger charge is 2.23. The monoisotopic (exact) mass is 469 g/mol. The minimum Gasteiger partial charge on any atom is -0.340 e. The number of piperazine rings is 1. The van der Waals surface area contributed by atoms with E-state index in [9.17, 15) is 13.2 Å². The van der Waals surface area contributed by atoms with Gasteiger partial charge in [-0.3, -0.25) is 14.0 Å². The van der Waals surface area contributed by atoms with Crippen LogP contribution in [-0.2, 0) is 14.8 Å². The van der Waals surface area contributed by atoms with Crippen molar-refractivity contribution in [1.82, 2.24) is 9.80 Å². The Kier molecular flexibility index (Phi) is 8.69. The maximum Gasteiger partial charge on any atom is 0.232 e. The van der Waals surface area contributed by atoms with E-state index in [1.807, 2.05) is 55.1 Å². The fourth-order valence-corrected chi connectivity index (χ4v) is 5.10. The highest BCUT2D eigenvalue weighted by Crippen LogP contribution is 2.25. The van der Waals surface area contributed by atoms with Crippen LogP contribution in [0.25, 0.3) is 6.08 Å². The van der Waals surface area contributed by atoms with Crippen LogP contribution >= 0.6 is 0 Å². The summed E-state index contributed by atoms with van der Waals surface area (Å²) >= 11 is 0. The molecule has 0 unspecified atom stereocenters. The lowest BCUT2D eigenvalue weighted by Crippen LogP contribution is -2.48. The Morgan fingerprint density at radius 3 is 2.36 bits per heavy atom. The highest BCUT2D eigenvalue weighted by molar-refractivity contribution is 7.92. The van der Waals surface area contributed by atoms with Gasteiger partial charge in [0.25, 0.3) is 0 Å². The van der Waals surface area contributed by atoms with Crippen LogP contribution in [0.5, 0.6) is 0 Å². The molecule has 0 aliphatic carbocycles.